The average molecular weight is 304 g/mol. The highest BCUT2D eigenvalue weighted by Gasteiger charge is 2.28. The third-order valence-corrected chi connectivity index (χ3v) is 3.39. The summed E-state index contributed by atoms with van der Waals surface area (Å²) in [4.78, 5) is 31.0. The topological polar surface area (TPSA) is 101 Å². The van der Waals surface area contributed by atoms with Crippen molar-refractivity contribution in [3.05, 3.63) is 45.0 Å². The molecule has 2 heterocycles. The summed E-state index contributed by atoms with van der Waals surface area (Å²) in [6, 6.07) is 1.77. The molecule has 0 aromatic carbocycles. The van der Waals surface area contributed by atoms with Crippen LogP contribution in [0, 0.1) is 20.8 Å². The molecule has 0 aliphatic carbocycles. The van der Waals surface area contributed by atoms with E-state index in [-0.39, 0.29) is 17.7 Å². The maximum atomic E-state index is 12.3. The van der Waals surface area contributed by atoms with Crippen molar-refractivity contribution in [1.29, 1.82) is 0 Å². The van der Waals surface area contributed by atoms with Crippen molar-refractivity contribution in [2.75, 3.05) is 6.54 Å². The number of aryl methyl sites for hydroxylation is 3. The first-order valence-corrected chi connectivity index (χ1v) is 7.00. The molecule has 2 rings (SSSR count). The van der Waals surface area contributed by atoms with Gasteiger partial charge in [0.2, 0.25) is 5.89 Å². The summed E-state index contributed by atoms with van der Waals surface area (Å²) in [5, 5.41) is 6.51. The fourth-order valence-electron chi connectivity index (χ4n) is 2.17. The fourth-order valence-corrected chi connectivity index (χ4v) is 2.17. The van der Waals surface area contributed by atoms with Gasteiger partial charge >= 0.3 is 0 Å². The van der Waals surface area contributed by atoms with E-state index >= 15 is 0 Å². The van der Waals surface area contributed by atoms with Crippen molar-refractivity contribution < 1.29 is 9.32 Å². The molecule has 0 atom stereocenters. The summed E-state index contributed by atoms with van der Waals surface area (Å²) in [6.45, 7) is 9.29. The summed E-state index contributed by atoms with van der Waals surface area (Å²) in [5.41, 5.74) is 0.581. The lowest BCUT2D eigenvalue weighted by molar-refractivity contribution is 0.0940. The third kappa shape index (κ3) is 3.24. The van der Waals surface area contributed by atoms with Gasteiger partial charge in [0.25, 0.3) is 11.5 Å². The van der Waals surface area contributed by atoms with E-state index in [4.69, 9.17) is 4.52 Å². The Labute approximate surface area is 128 Å². The molecule has 2 N–H and O–H groups in total. The first kappa shape index (κ1) is 15.9. The number of amides is 1. The molecule has 22 heavy (non-hydrogen) atoms. The van der Waals surface area contributed by atoms with E-state index in [1.165, 1.54) is 0 Å². The molecule has 0 spiro atoms. The van der Waals surface area contributed by atoms with Crippen LogP contribution in [0.3, 0.4) is 0 Å². The van der Waals surface area contributed by atoms with Crippen molar-refractivity contribution in [3.8, 4) is 0 Å². The van der Waals surface area contributed by atoms with Gasteiger partial charge in [0.1, 0.15) is 5.56 Å². The SMILES string of the molecule is Cc1noc(C(C)(C)CNC(=O)c2c(C)cc(C)[nH]c2=O)n1. The summed E-state index contributed by atoms with van der Waals surface area (Å²) in [6.07, 6.45) is 0. The van der Waals surface area contributed by atoms with E-state index in [1.54, 1.807) is 26.8 Å². The molecule has 0 aliphatic heterocycles. The Balaban J connectivity index is 2.15. The normalized spacial score (nSPS) is 11.5. The Morgan fingerprint density at radius 1 is 1.36 bits per heavy atom. The second kappa shape index (κ2) is 5.75. The van der Waals surface area contributed by atoms with Gasteiger partial charge in [-0.25, -0.2) is 0 Å². The van der Waals surface area contributed by atoms with Gasteiger partial charge in [0.15, 0.2) is 5.82 Å². The van der Waals surface area contributed by atoms with Crippen molar-refractivity contribution in [1.82, 2.24) is 20.4 Å². The van der Waals surface area contributed by atoms with Crippen molar-refractivity contribution >= 4 is 5.91 Å². The summed E-state index contributed by atoms with van der Waals surface area (Å²) in [5.74, 6) is 0.572. The van der Waals surface area contributed by atoms with Gasteiger partial charge in [-0.05, 0) is 46.2 Å². The molecule has 0 saturated carbocycles. The van der Waals surface area contributed by atoms with Crippen LogP contribution < -0.4 is 10.9 Å². The molecule has 0 radical (unpaired) electrons. The molecular weight excluding hydrogens is 284 g/mol. The molecular formula is C15H20N4O3. The first-order chi connectivity index (χ1) is 10.2. The van der Waals surface area contributed by atoms with Crippen LogP contribution >= 0.6 is 0 Å². The second-order valence-electron chi connectivity index (χ2n) is 6.05. The molecule has 1 amide bonds. The molecule has 7 nitrogen and oxygen atoms in total. The van der Waals surface area contributed by atoms with Crippen LogP contribution in [-0.2, 0) is 5.41 Å². The third-order valence-electron chi connectivity index (χ3n) is 3.39. The van der Waals surface area contributed by atoms with Crippen LogP contribution in [0.1, 0.15) is 47.2 Å². The highest BCUT2D eigenvalue weighted by molar-refractivity contribution is 5.95. The lowest BCUT2D eigenvalue weighted by Gasteiger charge is -2.20. The van der Waals surface area contributed by atoms with Crippen LogP contribution in [0.2, 0.25) is 0 Å². The highest BCUT2D eigenvalue weighted by Crippen LogP contribution is 2.20. The Kier molecular flexibility index (Phi) is 4.16. The number of carbonyl (C=O) groups excluding carboxylic acids is 1. The molecule has 2 aromatic rings. The number of H-pyrrole nitrogens is 1. The van der Waals surface area contributed by atoms with E-state index < -0.39 is 11.3 Å². The van der Waals surface area contributed by atoms with Crippen LogP contribution in [0.25, 0.3) is 0 Å². The zero-order valence-electron chi connectivity index (χ0n) is 13.4. The van der Waals surface area contributed by atoms with E-state index in [0.717, 1.165) is 5.69 Å². The minimum Gasteiger partial charge on any atom is -0.351 e. The predicted molar refractivity (Wildman–Crippen MR) is 80.9 cm³/mol. The number of nitrogens with one attached hydrogen (secondary N) is 2. The Morgan fingerprint density at radius 3 is 2.59 bits per heavy atom. The van der Waals surface area contributed by atoms with E-state index in [1.807, 2.05) is 13.8 Å². The zero-order chi connectivity index (χ0) is 16.5. The molecule has 0 saturated heterocycles. The summed E-state index contributed by atoms with van der Waals surface area (Å²) < 4.78 is 5.15. The van der Waals surface area contributed by atoms with E-state index in [2.05, 4.69) is 20.4 Å². The number of carbonyl (C=O) groups is 1. The quantitative estimate of drug-likeness (QED) is 0.889. The maximum Gasteiger partial charge on any atom is 0.261 e. The number of hydrogen-bond acceptors (Lipinski definition) is 5. The molecule has 0 fully saturated rings. The standard InChI is InChI=1S/C15H20N4O3/c1-8-6-9(2)17-13(21)11(8)12(20)16-7-15(4,5)14-18-10(3)19-22-14/h6H,7H2,1-5H3,(H,16,20)(H,17,21). The van der Waals surface area contributed by atoms with Gasteiger partial charge in [-0.3, -0.25) is 9.59 Å². The van der Waals surface area contributed by atoms with E-state index in [0.29, 0.717) is 17.3 Å². The monoisotopic (exact) mass is 304 g/mol. The summed E-state index contributed by atoms with van der Waals surface area (Å²) in [7, 11) is 0. The number of aromatic amines is 1. The highest BCUT2D eigenvalue weighted by atomic mass is 16.5. The van der Waals surface area contributed by atoms with Gasteiger partial charge in [0, 0.05) is 12.2 Å². The van der Waals surface area contributed by atoms with Gasteiger partial charge in [-0.1, -0.05) is 5.16 Å². The molecule has 2 aromatic heterocycles. The second-order valence-corrected chi connectivity index (χ2v) is 6.05. The van der Waals surface area contributed by atoms with Crippen LogP contribution in [0.5, 0.6) is 0 Å². The molecule has 118 valence electrons. The fraction of sp³-hybridized carbons (Fsp3) is 0.467. The van der Waals surface area contributed by atoms with Crippen LogP contribution in [0.4, 0.5) is 0 Å². The summed E-state index contributed by atoms with van der Waals surface area (Å²) >= 11 is 0. The minimum absolute atomic E-state index is 0.128. The average Bonchev–Trinajstić information content (AvgIpc) is 2.83. The Hall–Kier alpha value is -2.44. The number of rotatable bonds is 4. The van der Waals surface area contributed by atoms with Crippen LogP contribution in [0.15, 0.2) is 15.4 Å². The lowest BCUT2D eigenvalue weighted by Crippen LogP contribution is -2.39. The van der Waals surface area contributed by atoms with Crippen molar-refractivity contribution in [3.63, 3.8) is 0 Å². The Morgan fingerprint density at radius 2 is 2.05 bits per heavy atom. The predicted octanol–water partition coefficient (Wildman–Crippen LogP) is 1.39. The minimum atomic E-state index is -0.526. The largest absolute Gasteiger partial charge is 0.351 e. The van der Waals surface area contributed by atoms with Crippen molar-refractivity contribution in [2.45, 2.75) is 40.0 Å². The lowest BCUT2D eigenvalue weighted by atomic mass is 9.93. The van der Waals surface area contributed by atoms with Gasteiger partial charge in [-0.15, -0.1) is 0 Å². The molecule has 0 aliphatic rings. The first-order valence-electron chi connectivity index (χ1n) is 7.00. The molecule has 0 unspecified atom stereocenters. The van der Waals surface area contributed by atoms with Gasteiger partial charge < -0.3 is 14.8 Å². The number of hydrogen-bond donors (Lipinski definition) is 2. The van der Waals surface area contributed by atoms with Gasteiger partial charge in [0.05, 0.1) is 5.41 Å². The Bertz CT molecular complexity index is 758. The zero-order valence-corrected chi connectivity index (χ0v) is 13.4. The maximum absolute atomic E-state index is 12.3. The van der Waals surface area contributed by atoms with Crippen molar-refractivity contribution in [2.24, 2.45) is 0 Å². The number of pyridine rings is 1. The van der Waals surface area contributed by atoms with Gasteiger partial charge in [-0.2, -0.15) is 4.98 Å². The van der Waals surface area contributed by atoms with Crippen LogP contribution in [-0.4, -0.2) is 27.6 Å². The number of aromatic nitrogens is 3. The molecule has 7 heteroatoms. The molecule has 0 bridgehead atoms. The van der Waals surface area contributed by atoms with E-state index in [9.17, 15) is 9.59 Å². The smallest absolute Gasteiger partial charge is 0.261 e. The number of nitrogens with zero attached hydrogens (tertiary/aromatic N) is 2.